The summed E-state index contributed by atoms with van der Waals surface area (Å²) >= 11 is 0. The quantitative estimate of drug-likeness (QED) is 0.890. The molecule has 104 valence electrons. The number of piperidine rings is 1. The summed E-state index contributed by atoms with van der Waals surface area (Å²) in [7, 11) is 0. The van der Waals surface area contributed by atoms with E-state index in [-0.39, 0.29) is 18.9 Å². The Hall–Kier alpha value is -1.49. The minimum Gasteiger partial charge on any atom is -0.388 e. The third-order valence-electron chi connectivity index (χ3n) is 3.37. The van der Waals surface area contributed by atoms with E-state index in [9.17, 15) is 18.7 Å². The summed E-state index contributed by atoms with van der Waals surface area (Å²) in [6, 6.07) is 3.46. The number of nitrogens with zero attached hydrogens (tertiary/aromatic N) is 1. The van der Waals surface area contributed by atoms with E-state index < -0.39 is 17.2 Å². The maximum absolute atomic E-state index is 13.1. The zero-order chi connectivity index (χ0) is 14.0. The van der Waals surface area contributed by atoms with Crippen molar-refractivity contribution < 1.29 is 18.7 Å². The molecule has 0 radical (unpaired) electrons. The molecule has 0 saturated carbocycles. The van der Waals surface area contributed by atoms with Gasteiger partial charge in [0.1, 0.15) is 0 Å². The van der Waals surface area contributed by atoms with Gasteiger partial charge in [-0.3, -0.25) is 4.79 Å². The number of hydrogen-bond donors (Lipinski definition) is 1. The molecule has 19 heavy (non-hydrogen) atoms. The van der Waals surface area contributed by atoms with E-state index in [4.69, 9.17) is 0 Å². The fraction of sp³-hybridized carbons (Fsp3) is 0.500. The zero-order valence-corrected chi connectivity index (χ0v) is 10.8. The monoisotopic (exact) mass is 269 g/mol. The van der Waals surface area contributed by atoms with Gasteiger partial charge in [0.25, 0.3) is 0 Å². The van der Waals surface area contributed by atoms with E-state index in [0.717, 1.165) is 18.6 Å². The van der Waals surface area contributed by atoms with Crippen LogP contribution in [-0.4, -0.2) is 34.6 Å². The lowest BCUT2D eigenvalue weighted by molar-refractivity contribution is -0.136. The summed E-state index contributed by atoms with van der Waals surface area (Å²) < 4.78 is 25.8. The molecule has 0 aliphatic carbocycles. The smallest absolute Gasteiger partial charge is 0.227 e. The van der Waals surface area contributed by atoms with Gasteiger partial charge in [-0.25, -0.2) is 8.78 Å². The molecular weight excluding hydrogens is 252 g/mol. The number of hydrogen-bond acceptors (Lipinski definition) is 2. The van der Waals surface area contributed by atoms with Gasteiger partial charge < -0.3 is 10.0 Å². The summed E-state index contributed by atoms with van der Waals surface area (Å²) in [5.41, 5.74) is -0.420. The Bertz CT molecular complexity index is 488. The second kappa shape index (κ2) is 5.25. The molecule has 1 N–H and O–H groups in total. The number of benzene rings is 1. The summed E-state index contributed by atoms with van der Waals surface area (Å²) in [5, 5.41) is 9.94. The molecule has 1 fully saturated rings. The van der Waals surface area contributed by atoms with Crippen LogP contribution >= 0.6 is 0 Å². The van der Waals surface area contributed by atoms with Crippen molar-refractivity contribution in [1.29, 1.82) is 0 Å². The molecule has 1 aromatic carbocycles. The highest BCUT2D eigenvalue weighted by molar-refractivity contribution is 5.79. The average molecular weight is 269 g/mol. The molecule has 2 rings (SSSR count). The molecule has 1 aromatic rings. The van der Waals surface area contributed by atoms with Crippen molar-refractivity contribution in [3.8, 4) is 0 Å². The Labute approximate surface area is 110 Å². The number of rotatable bonds is 2. The predicted octanol–water partition coefficient (Wildman–Crippen LogP) is 1.88. The molecule has 0 bridgehead atoms. The number of halogens is 2. The van der Waals surface area contributed by atoms with Crippen LogP contribution in [-0.2, 0) is 11.2 Å². The predicted molar refractivity (Wildman–Crippen MR) is 66.5 cm³/mol. The number of carbonyl (C=O) groups excluding carboxylic acids is 1. The van der Waals surface area contributed by atoms with Crippen molar-refractivity contribution in [2.75, 3.05) is 13.1 Å². The number of likely N-dealkylation sites (tertiary alicyclic amines) is 1. The number of aliphatic hydroxyl groups is 1. The van der Waals surface area contributed by atoms with Crippen LogP contribution in [0.5, 0.6) is 0 Å². The van der Waals surface area contributed by atoms with Crippen LogP contribution in [0, 0.1) is 11.6 Å². The summed E-state index contributed by atoms with van der Waals surface area (Å²) in [5.74, 6) is -2.04. The Morgan fingerprint density at radius 3 is 2.79 bits per heavy atom. The molecule has 1 aliphatic heterocycles. The first kappa shape index (κ1) is 13.9. The van der Waals surface area contributed by atoms with Gasteiger partial charge in [0, 0.05) is 13.1 Å². The van der Waals surface area contributed by atoms with Crippen LogP contribution in [0.1, 0.15) is 25.3 Å². The van der Waals surface area contributed by atoms with Crippen molar-refractivity contribution >= 4 is 5.91 Å². The molecule has 5 heteroatoms. The van der Waals surface area contributed by atoms with Crippen LogP contribution in [0.4, 0.5) is 8.78 Å². The lowest BCUT2D eigenvalue weighted by atomic mass is 9.95. The lowest BCUT2D eigenvalue weighted by Crippen LogP contribution is -2.49. The second-order valence-electron chi connectivity index (χ2n) is 5.34. The highest BCUT2D eigenvalue weighted by Gasteiger charge is 2.30. The zero-order valence-electron chi connectivity index (χ0n) is 10.8. The minimum absolute atomic E-state index is 0.0211. The fourth-order valence-electron chi connectivity index (χ4n) is 2.37. The Morgan fingerprint density at radius 1 is 1.42 bits per heavy atom. The number of amides is 1. The van der Waals surface area contributed by atoms with Crippen LogP contribution in [0.25, 0.3) is 0 Å². The van der Waals surface area contributed by atoms with Gasteiger partial charge in [0.05, 0.1) is 12.0 Å². The van der Waals surface area contributed by atoms with Gasteiger partial charge in [-0.15, -0.1) is 0 Å². The highest BCUT2D eigenvalue weighted by atomic mass is 19.2. The molecule has 1 saturated heterocycles. The fourth-order valence-corrected chi connectivity index (χ4v) is 2.37. The molecule has 1 amide bonds. The van der Waals surface area contributed by atoms with E-state index in [1.165, 1.54) is 6.07 Å². The molecule has 1 aliphatic rings. The largest absolute Gasteiger partial charge is 0.388 e. The Balaban J connectivity index is 2.02. The normalized spacial score (nSPS) is 23.5. The van der Waals surface area contributed by atoms with E-state index in [1.54, 1.807) is 11.8 Å². The molecule has 3 nitrogen and oxygen atoms in total. The summed E-state index contributed by atoms with van der Waals surface area (Å²) in [6.07, 6.45) is 1.44. The molecule has 1 heterocycles. The Morgan fingerprint density at radius 2 is 2.16 bits per heavy atom. The number of carbonyl (C=O) groups is 1. The van der Waals surface area contributed by atoms with E-state index in [0.29, 0.717) is 18.5 Å². The van der Waals surface area contributed by atoms with Gasteiger partial charge in [0.15, 0.2) is 11.6 Å². The Kier molecular flexibility index (Phi) is 3.85. The van der Waals surface area contributed by atoms with Crippen molar-refractivity contribution in [3.05, 3.63) is 35.4 Å². The van der Waals surface area contributed by atoms with E-state index in [2.05, 4.69) is 0 Å². The van der Waals surface area contributed by atoms with Gasteiger partial charge in [-0.05, 0) is 37.5 Å². The van der Waals surface area contributed by atoms with Gasteiger partial charge in [-0.2, -0.15) is 0 Å². The molecule has 1 atom stereocenters. The van der Waals surface area contributed by atoms with Crippen LogP contribution in [0.15, 0.2) is 18.2 Å². The highest BCUT2D eigenvalue weighted by Crippen LogP contribution is 2.21. The molecule has 0 spiro atoms. The van der Waals surface area contributed by atoms with Crippen molar-refractivity contribution in [3.63, 3.8) is 0 Å². The van der Waals surface area contributed by atoms with Gasteiger partial charge in [-0.1, -0.05) is 6.07 Å². The van der Waals surface area contributed by atoms with Gasteiger partial charge in [0.2, 0.25) is 5.91 Å². The maximum Gasteiger partial charge on any atom is 0.227 e. The van der Waals surface area contributed by atoms with E-state index >= 15 is 0 Å². The molecule has 0 aromatic heterocycles. The van der Waals surface area contributed by atoms with Crippen LogP contribution in [0.3, 0.4) is 0 Å². The first-order valence-electron chi connectivity index (χ1n) is 6.31. The SMILES string of the molecule is CC1(O)CCCN(C(=O)Cc2ccc(F)c(F)c2)C1. The minimum atomic E-state index is -0.948. The third kappa shape index (κ3) is 3.50. The van der Waals surface area contributed by atoms with Crippen molar-refractivity contribution in [1.82, 2.24) is 4.90 Å². The lowest BCUT2D eigenvalue weighted by Gasteiger charge is -2.36. The maximum atomic E-state index is 13.1. The average Bonchev–Trinajstić information content (AvgIpc) is 2.32. The summed E-state index contributed by atoms with van der Waals surface area (Å²) in [6.45, 7) is 2.58. The van der Waals surface area contributed by atoms with Crippen molar-refractivity contribution in [2.24, 2.45) is 0 Å². The van der Waals surface area contributed by atoms with E-state index in [1.807, 2.05) is 0 Å². The first-order chi connectivity index (χ1) is 8.87. The molecular formula is C14H17F2NO2. The topological polar surface area (TPSA) is 40.5 Å². The molecule has 1 unspecified atom stereocenters. The summed E-state index contributed by atoms with van der Waals surface area (Å²) in [4.78, 5) is 13.6. The first-order valence-corrected chi connectivity index (χ1v) is 6.31. The standard InChI is InChI=1S/C14H17F2NO2/c1-14(19)5-2-6-17(9-14)13(18)8-10-3-4-11(15)12(16)7-10/h3-4,7,19H,2,5-6,8-9H2,1H3. The third-order valence-corrected chi connectivity index (χ3v) is 3.37. The van der Waals surface area contributed by atoms with Crippen LogP contribution in [0.2, 0.25) is 0 Å². The second-order valence-corrected chi connectivity index (χ2v) is 5.34. The van der Waals surface area contributed by atoms with Crippen molar-refractivity contribution in [2.45, 2.75) is 31.8 Å². The van der Waals surface area contributed by atoms with Gasteiger partial charge >= 0.3 is 0 Å². The van der Waals surface area contributed by atoms with Crippen LogP contribution < -0.4 is 0 Å². The number of β-amino-alcohol motifs (C(OH)–C–C–N with tert-alkyl or cyclic N) is 1.